The molecular weight excluding hydrogens is 201 g/mol. The Balaban J connectivity index is 2.40. The molecule has 1 aromatic rings. The van der Waals surface area contributed by atoms with Gasteiger partial charge in [-0.25, -0.2) is 4.39 Å². The molecule has 0 aliphatic heterocycles. The minimum Gasteiger partial charge on any atom is -0.310 e. The summed E-state index contributed by atoms with van der Waals surface area (Å²) in [7, 11) is 0. The molecule has 0 fully saturated rings. The maximum absolute atomic E-state index is 12.7. The van der Waals surface area contributed by atoms with Crippen LogP contribution in [0.15, 0.2) is 24.3 Å². The van der Waals surface area contributed by atoms with Crippen molar-refractivity contribution in [2.45, 2.75) is 39.7 Å². The molecule has 0 bridgehead atoms. The van der Waals surface area contributed by atoms with E-state index in [0.29, 0.717) is 12.0 Å². The van der Waals surface area contributed by atoms with Crippen molar-refractivity contribution < 1.29 is 4.39 Å². The monoisotopic (exact) mass is 223 g/mol. The predicted molar refractivity (Wildman–Crippen MR) is 66.9 cm³/mol. The smallest absolute Gasteiger partial charge is 0.123 e. The van der Waals surface area contributed by atoms with Gasteiger partial charge in [0.1, 0.15) is 5.82 Å². The average molecular weight is 223 g/mol. The average Bonchev–Trinajstić information content (AvgIpc) is 2.27. The minimum absolute atomic E-state index is 0.171. The molecule has 90 valence electrons. The van der Waals surface area contributed by atoms with Gasteiger partial charge in [-0.05, 0) is 43.5 Å². The molecule has 0 spiro atoms. The van der Waals surface area contributed by atoms with Crippen LogP contribution < -0.4 is 5.32 Å². The van der Waals surface area contributed by atoms with Gasteiger partial charge < -0.3 is 5.32 Å². The van der Waals surface area contributed by atoms with Crippen molar-refractivity contribution >= 4 is 0 Å². The number of benzene rings is 1. The van der Waals surface area contributed by atoms with Gasteiger partial charge in [0.05, 0.1) is 0 Å². The first-order valence-corrected chi connectivity index (χ1v) is 6.12. The first-order chi connectivity index (χ1) is 7.63. The predicted octanol–water partition coefficient (Wildman–Crippen LogP) is 3.91. The Morgan fingerprint density at radius 3 is 2.38 bits per heavy atom. The summed E-state index contributed by atoms with van der Waals surface area (Å²) in [5.74, 6) is 0.531. The van der Waals surface area contributed by atoms with E-state index in [2.05, 4.69) is 26.1 Å². The van der Waals surface area contributed by atoms with Crippen molar-refractivity contribution in [3.8, 4) is 0 Å². The van der Waals surface area contributed by atoms with Crippen LogP contribution >= 0.6 is 0 Å². The first-order valence-electron chi connectivity index (χ1n) is 6.12. The number of halogens is 1. The van der Waals surface area contributed by atoms with Gasteiger partial charge in [-0.1, -0.05) is 32.4 Å². The van der Waals surface area contributed by atoms with Gasteiger partial charge in [0.2, 0.25) is 0 Å². The van der Waals surface area contributed by atoms with E-state index >= 15 is 0 Å². The fraction of sp³-hybridized carbons (Fsp3) is 0.571. The Morgan fingerprint density at radius 1 is 1.19 bits per heavy atom. The Morgan fingerprint density at radius 2 is 1.81 bits per heavy atom. The molecule has 2 heteroatoms. The fourth-order valence-electron chi connectivity index (χ4n) is 1.84. The molecule has 16 heavy (non-hydrogen) atoms. The van der Waals surface area contributed by atoms with Crippen molar-refractivity contribution in [2.75, 3.05) is 6.54 Å². The summed E-state index contributed by atoms with van der Waals surface area (Å²) >= 11 is 0. The zero-order valence-corrected chi connectivity index (χ0v) is 10.5. The normalized spacial score (nSPS) is 14.8. The lowest BCUT2D eigenvalue weighted by atomic mass is 10.0. The molecule has 1 nitrogen and oxygen atoms in total. The molecule has 1 aromatic carbocycles. The zero-order valence-electron chi connectivity index (χ0n) is 10.5. The van der Waals surface area contributed by atoms with Gasteiger partial charge in [-0.15, -0.1) is 0 Å². The summed E-state index contributed by atoms with van der Waals surface area (Å²) in [5, 5.41) is 3.48. The Hall–Kier alpha value is -0.890. The van der Waals surface area contributed by atoms with Crippen LogP contribution in [-0.4, -0.2) is 6.54 Å². The number of hydrogen-bond acceptors (Lipinski definition) is 1. The first kappa shape index (κ1) is 13.2. The van der Waals surface area contributed by atoms with E-state index in [1.165, 1.54) is 25.0 Å². The Bertz CT molecular complexity index is 294. The second-order valence-electron chi connectivity index (χ2n) is 4.58. The molecule has 1 rings (SSSR count). The Labute approximate surface area is 98.1 Å². The highest BCUT2D eigenvalue weighted by Crippen LogP contribution is 2.13. The third-order valence-corrected chi connectivity index (χ3v) is 2.92. The fourth-order valence-corrected chi connectivity index (χ4v) is 1.84. The van der Waals surface area contributed by atoms with Crippen LogP contribution in [0.3, 0.4) is 0 Å². The molecule has 0 saturated heterocycles. The molecule has 2 unspecified atom stereocenters. The quantitative estimate of drug-likeness (QED) is 0.771. The van der Waals surface area contributed by atoms with Gasteiger partial charge >= 0.3 is 0 Å². The van der Waals surface area contributed by atoms with Gasteiger partial charge in [-0.3, -0.25) is 0 Å². The summed E-state index contributed by atoms with van der Waals surface area (Å²) < 4.78 is 12.7. The van der Waals surface area contributed by atoms with Gasteiger partial charge in [-0.2, -0.15) is 0 Å². The van der Waals surface area contributed by atoms with Crippen molar-refractivity contribution in [1.29, 1.82) is 0 Å². The van der Waals surface area contributed by atoms with E-state index in [4.69, 9.17) is 0 Å². The maximum atomic E-state index is 12.7. The third-order valence-electron chi connectivity index (χ3n) is 2.92. The van der Waals surface area contributed by atoms with Crippen LogP contribution in [0.1, 0.15) is 45.2 Å². The lowest BCUT2D eigenvalue weighted by molar-refractivity contribution is 0.444. The van der Waals surface area contributed by atoms with Gasteiger partial charge in [0.15, 0.2) is 0 Å². The summed E-state index contributed by atoms with van der Waals surface area (Å²) in [6, 6.07) is 7.01. The van der Waals surface area contributed by atoms with E-state index in [1.807, 2.05) is 12.1 Å². The van der Waals surface area contributed by atoms with Crippen LogP contribution in [0.25, 0.3) is 0 Å². The van der Waals surface area contributed by atoms with E-state index < -0.39 is 0 Å². The molecule has 0 aliphatic carbocycles. The highest BCUT2D eigenvalue weighted by molar-refractivity contribution is 5.19. The van der Waals surface area contributed by atoms with Crippen LogP contribution in [-0.2, 0) is 0 Å². The van der Waals surface area contributed by atoms with E-state index in [-0.39, 0.29) is 5.82 Å². The second-order valence-corrected chi connectivity index (χ2v) is 4.58. The minimum atomic E-state index is -0.171. The molecule has 0 saturated carbocycles. The number of nitrogens with one attached hydrogen (secondary N) is 1. The largest absolute Gasteiger partial charge is 0.310 e. The van der Waals surface area contributed by atoms with Crippen molar-refractivity contribution in [3.63, 3.8) is 0 Å². The molecular formula is C14H22FN. The maximum Gasteiger partial charge on any atom is 0.123 e. The van der Waals surface area contributed by atoms with Gasteiger partial charge in [0.25, 0.3) is 0 Å². The Kier molecular flexibility index (Phi) is 5.47. The standard InChI is InChI=1S/C14H22FN/c1-4-5-11(2)10-16-12(3)13-6-8-14(15)9-7-13/h6-9,11-12,16H,4-5,10H2,1-3H3. The van der Waals surface area contributed by atoms with E-state index in [9.17, 15) is 4.39 Å². The van der Waals surface area contributed by atoms with Crippen molar-refractivity contribution in [3.05, 3.63) is 35.6 Å². The molecule has 0 aromatic heterocycles. The van der Waals surface area contributed by atoms with Crippen LogP contribution in [0.4, 0.5) is 4.39 Å². The third kappa shape index (κ3) is 4.31. The molecule has 0 amide bonds. The van der Waals surface area contributed by atoms with Crippen molar-refractivity contribution in [1.82, 2.24) is 5.32 Å². The van der Waals surface area contributed by atoms with Crippen molar-refractivity contribution in [2.24, 2.45) is 5.92 Å². The summed E-state index contributed by atoms with van der Waals surface area (Å²) in [5.41, 5.74) is 1.14. The zero-order chi connectivity index (χ0) is 12.0. The highest BCUT2D eigenvalue weighted by atomic mass is 19.1. The molecule has 0 aliphatic rings. The highest BCUT2D eigenvalue weighted by Gasteiger charge is 2.06. The lowest BCUT2D eigenvalue weighted by Crippen LogP contribution is -2.24. The number of hydrogen-bond donors (Lipinski definition) is 1. The SMILES string of the molecule is CCCC(C)CNC(C)c1ccc(F)cc1. The molecule has 0 radical (unpaired) electrons. The number of rotatable bonds is 6. The second kappa shape index (κ2) is 6.64. The molecule has 2 atom stereocenters. The lowest BCUT2D eigenvalue weighted by Gasteiger charge is -2.17. The molecule has 1 N–H and O–H groups in total. The van der Waals surface area contributed by atoms with Crippen LogP contribution in [0.5, 0.6) is 0 Å². The van der Waals surface area contributed by atoms with Gasteiger partial charge in [0, 0.05) is 6.04 Å². The summed E-state index contributed by atoms with van der Waals surface area (Å²) in [6.07, 6.45) is 2.48. The van der Waals surface area contributed by atoms with E-state index in [1.54, 1.807) is 0 Å². The topological polar surface area (TPSA) is 12.0 Å². The van der Waals surface area contributed by atoms with Crippen LogP contribution in [0.2, 0.25) is 0 Å². The summed E-state index contributed by atoms with van der Waals surface area (Å²) in [6.45, 7) is 7.60. The summed E-state index contributed by atoms with van der Waals surface area (Å²) in [4.78, 5) is 0. The molecule has 0 heterocycles. The van der Waals surface area contributed by atoms with Crippen LogP contribution in [0, 0.1) is 11.7 Å². The van der Waals surface area contributed by atoms with E-state index in [0.717, 1.165) is 12.1 Å².